The van der Waals surface area contributed by atoms with E-state index in [9.17, 15) is 4.39 Å². The molecule has 0 bridgehead atoms. The van der Waals surface area contributed by atoms with Crippen LogP contribution < -0.4 is 5.32 Å². The summed E-state index contributed by atoms with van der Waals surface area (Å²) in [5.41, 5.74) is 5.89. The molecule has 1 aliphatic heterocycles. The molecular formula is C28H25FN4OS. The van der Waals surface area contributed by atoms with Crippen LogP contribution in [0.25, 0.3) is 17.0 Å². The maximum Gasteiger partial charge on any atom is 0.258 e. The summed E-state index contributed by atoms with van der Waals surface area (Å²) < 4.78 is 19.2. The van der Waals surface area contributed by atoms with Gasteiger partial charge in [-0.05, 0) is 54.4 Å². The third-order valence-corrected chi connectivity index (χ3v) is 6.60. The molecule has 1 aliphatic rings. The Morgan fingerprint density at radius 3 is 2.34 bits per heavy atom. The van der Waals surface area contributed by atoms with Crippen molar-refractivity contribution in [3.8, 4) is 11.4 Å². The predicted octanol–water partition coefficient (Wildman–Crippen LogP) is 6.30. The van der Waals surface area contributed by atoms with Gasteiger partial charge in [-0.3, -0.25) is 0 Å². The van der Waals surface area contributed by atoms with Crippen molar-refractivity contribution in [2.75, 3.05) is 0 Å². The summed E-state index contributed by atoms with van der Waals surface area (Å²) in [5.74, 6) is 0.702. The summed E-state index contributed by atoms with van der Waals surface area (Å²) in [7, 11) is 0. The Bertz CT molecular complexity index is 1360. The molecule has 0 saturated carbocycles. The van der Waals surface area contributed by atoms with Gasteiger partial charge in [-0.1, -0.05) is 78.8 Å². The number of nitrogens with one attached hydrogen (secondary N) is 1. The van der Waals surface area contributed by atoms with Crippen LogP contribution in [0.15, 0.2) is 89.1 Å². The molecule has 0 spiro atoms. The van der Waals surface area contributed by atoms with E-state index in [-0.39, 0.29) is 11.9 Å². The number of hydrogen-bond donors (Lipinski definition) is 1. The van der Waals surface area contributed by atoms with Crippen LogP contribution in [0, 0.1) is 5.82 Å². The minimum Gasteiger partial charge on any atom is -0.351 e. The van der Waals surface area contributed by atoms with Crippen molar-refractivity contribution < 1.29 is 8.91 Å². The molecule has 0 saturated heterocycles. The van der Waals surface area contributed by atoms with Crippen LogP contribution in [0.5, 0.6) is 0 Å². The molecule has 2 heterocycles. The van der Waals surface area contributed by atoms with E-state index in [1.165, 1.54) is 17.7 Å². The number of nitrogens with zero attached hydrogens (tertiary/aromatic N) is 3. The van der Waals surface area contributed by atoms with Crippen LogP contribution in [-0.2, 0) is 13.0 Å². The second-order valence-corrected chi connectivity index (χ2v) is 8.87. The van der Waals surface area contributed by atoms with E-state index >= 15 is 0 Å². The fraction of sp³-hybridized carbons (Fsp3) is 0.179. The highest BCUT2D eigenvalue weighted by atomic mass is 32.1. The number of thiocarbonyl (C=S) groups is 1. The number of aromatic nitrogens is 2. The number of hydrogen-bond acceptors (Lipinski definition) is 4. The molecule has 1 aromatic heterocycles. The lowest BCUT2D eigenvalue weighted by Crippen LogP contribution is -2.45. The van der Waals surface area contributed by atoms with Crippen LogP contribution in [0.3, 0.4) is 0 Å². The van der Waals surface area contributed by atoms with E-state index in [0.29, 0.717) is 23.4 Å². The maximum atomic E-state index is 13.4. The zero-order valence-corrected chi connectivity index (χ0v) is 20.3. The fourth-order valence-corrected chi connectivity index (χ4v) is 4.58. The lowest BCUT2D eigenvalue weighted by atomic mass is 9.94. The minimum atomic E-state index is -0.268. The van der Waals surface area contributed by atoms with Crippen LogP contribution in [-0.4, -0.2) is 20.2 Å². The first-order valence-electron chi connectivity index (χ1n) is 11.5. The average molecular weight is 485 g/mol. The van der Waals surface area contributed by atoms with E-state index in [1.807, 2.05) is 54.3 Å². The summed E-state index contributed by atoms with van der Waals surface area (Å²) in [4.78, 5) is 6.75. The van der Waals surface area contributed by atoms with Gasteiger partial charge in [-0.2, -0.15) is 4.98 Å². The smallest absolute Gasteiger partial charge is 0.258 e. The van der Waals surface area contributed by atoms with Crippen LogP contribution in [0.2, 0.25) is 0 Å². The Labute approximate surface area is 209 Å². The van der Waals surface area contributed by atoms with Crippen molar-refractivity contribution in [1.82, 2.24) is 20.4 Å². The molecular weight excluding hydrogens is 459 g/mol. The molecule has 5 rings (SSSR count). The van der Waals surface area contributed by atoms with Crippen molar-refractivity contribution >= 4 is 22.9 Å². The first kappa shape index (κ1) is 22.9. The van der Waals surface area contributed by atoms with Crippen molar-refractivity contribution in [1.29, 1.82) is 0 Å². The normalized spacial score (nSPS) is 15.9. The third kappa shape index (κ3) is 4.72. The van der Waals surface area contributed by atoms with E-state index in [1.54, 1.807) is 12.1 Å². The van der Waals surface area contributed by atoms with Crippen LogP contribution in [0.1, 0.15) is 42.5 Å². The Morgan fingerprint density at radius 1 is 0.971 bits per heavy atom. The van der Waals surface area contributed by atoms with Gasteiger partial charge in [0.25, 0.3) is 5.89 Å². The van der Waals surface area contributed by atoms with E-state index < -0.39 is 0 Å². The standard InChI is InChI=1S/C28H25FN4OS/c1-3-19-9-13-22(14-10-19)26-31-27(34-32-26)24-18(2)33(17-20-11-15-23(29)16-12-20)28(35)30-25(24)21-7-5-4-6-8-21/h4-16,25H,3,17H2,1-2H3,(H,30,35). The van der Waals surface area contributed by atoms with Gasteiger partial charge < -0.3 is 14.7 Å². The quantitative estimate of drug-likeness (QED) is 0.324. The molecule has 4 aromatic rings. The minimum absolute atomic E-state index is 0.246. The highest BCUT2D eigenvalue weighted by Gasteiger charge is 2.34. The van der Waals surface area contributed by atoms with Crippen LogP contribution in [0.4, 0.5) is 4.39 Å². The van der Waals surface area contributed by atoms with Gasteiger partial charge in [-0.25, -0.2) is 4.39 Å². The average Bonchev–Trinajstić information content (AvgIpc) is 3.37. The highest BCUT2D eigenvalue weighted by Crippen LogP contribution is 2.38. The summed E-state index contributed by atoms with van der Waals surface area (Å²) in [6, 6.07) is 24.4. The van der Waals surface area contributed by atoms with Crippen LogP contribution >= 0.6 is 12.2 Å². The molecule has 35 heavy (non-hydrogen) atoms. The van der Waals surface area contributed by atoms with Crippen molar-refractivity contribution in [2.45, 2.75) is 32.9 Å². The SMILES string of the molecule is CCc1ccc(-c2noc(C3=C(C)N(Cc4ccc(F)cc4)C(=S)NC3c3ccccc3)n2)cc1. The molecule has 7 heteroatoms. The lowest BCUT2D eigenvalue weighted by Gasteiger charge is -2.37. The Hall–Kier alpha value is -3.84. The second kappa shape index (κ2) is 9.80. The number of allylic oxidation sites excluding steroid dienone is 1. The molecule has 0 aliphatic carbocycles. The molecule has 1 unspecified atom stereocenters. The Balaban J connectivity index is 1.56. The zero-order chi connectivity index (χ0) is 24.4. The van der Waals surface area contributed by atoms with Crippen molar-refractivity contribution in [3.63, 3.8) is 0 Å². The summed E-state index contributed by atoms with van der Waals surface area (Å²) in [6.07, 6.45) is 0.970. The van der Waals surface area contributed by atoms with Gasteiger partial charge in [0.15, 0.2) is 5.11 Å². The van der Waals surface area contributed by atoms with Crippen molar-refractivity contribution in [3.05, 3.63) is 113 Å². The zero-order valence-electron chi connectivity index (χ0n) is 19.5. The van der Waals surface area contributed by atoms with Gasteiger partial charge in [-0.15, -0.1) is 0 Å². The monoisotopic (exact) mass is 484 g/mol. The molecule has 0 fully saturated rings. The first-order valence-corrected chi connectivity index (χ1v) is 12.0. The molecule has 1 N–H and O–H groups in total. The topological polar surface area (TPSA) is 54.2 Å². The van der Waals surface area contributed by atoms with Gasteiger partial charge in [0.2, 0.25) is 5.82 Å². The summed E-state index contributed by atoms with van der Waals surface area (Å²) in [5, 5.41) is 8.31. The molecule has 0 amide bonds. The van der Waals surface area contributed by atoms with Gasteiger partial charge in [0, 0.05) is 17.8 Å². The number of halogens is 1. The second-order valence-electron chi connectivity index (χ2n) is 8.48. The summed E-state index contributed by atoms with van der Waals surface area (Å²) >= 11 is 5.75. The number of benzene rings is 3. The number of rotatable bonds is 6. The lowest BCUT2D eigenvalue weighted by molar-refractivity contribution is 0.396. The molecule has 1 atom stereocenters. The fourth-order valence-electron chi connectivity index (χ4n) is 4.26. The van der Waals surface area contributed by atoms with E-state index in [0.717, 1.165) is 34.4 Å². The molecule has 176 valence electrons. The third-order valence-electron chi connectivity index (χ3n) is 6.26. The Morgan fingerprint density at radius 2 is 1.66 bits per heavy atom. The predicted molar refractivity (Wildman–Crippen MR) is 139 cm³/mol. The highest BCUT2D eigenvalue weighted by molar-refractivity contribution is 7.80. The first-order chi connectivity index (χ1) is 17.0. The molecule has 5 nitrogen and oxygen atoms in total. The van der Waals surface area contributed by atoms with Crippen molar-refractivity contribution in [2.24, 2.45) is 0 Å². The maximum absolute atomic E-state index is 13.4. The van der Waals surface area contributed by atoms with E-state index in [4.69, 9.17) is 21.7 Å². The Kier molecular flexibility index (Phi) is 6.42. The number of aryl methyl sites for hydroxylation is 1. The van der Waals surface area contributed by atoms with Gasteiger partial charge in [0.05, 0.1) is 11.6 Å². The largest absolute Gasteiger partial charge is 0.351 e. The summed E-state index contributed by atoms with van der Waals surface area (Å²) in [6.45, 7) is 4.61. The van der Waals surface area contributed by atoms with Gasteiger partial charge in [0.1, 0.15) is 5.82 Å². The molecule has 3 aromatic carbocycles. The van der Waals surface area contributed by atoms with Gasteiger partial charge >= 0.3 is 0 Å². The molecule has 0 radical (unpaired) electrons. The van der Waals surface area contributed by atoms with E-state index in [2.05, 4.69) is 29.5 Å².